The highest BCUT2D eigenvalue weighted by molar-refractivity contribution is 5.29. The molecule has 1 aliphatic carbocycles. The SMILES string of the molecule is COCC(C)CC(N)c1ccc(OC2CC2)cc1. The number of nitrogens with two attached hydrogens (primary N) is 1. The van der Waals surface area contributed by atoms with E-state index in [1.165, 1.54) is 18.4 Å². The molecule has 3 nitrogen and oxygen atoms in total. The highest BCUT2D eigenvalue weighted by Gasteiger charge is 2.23. The molecule has 3 heteroatoms. The molecule has 100 valence electrons. The van der Waals surface area contributed by atoms with E-state index in [2.05, 4.69) is 19.1 Å². The van der Waals surface area contributed by atoms with Gasteiger partial charge in [0.25, 0.3) is 0 Å². The Bertz CT molecular complexity index is 359. The summed E-state index contributed by atoms with van der Waals surface area (Å²) >= 11 is 0. The molecule has 0 saturated heterocycles. The van der Waals surface area contributed by atoms with Crippen molar-refractivity contribution < 1.29 is 9.47 Å². The van der Waals surface area contributed by atoms with Gasteiger partial charge < -0.3 is 15.2 Å². The van der Waals surface area contributed by atoms with E-state index in [9.17, 15) is 0 Å². The third-order valence-electron chi connectivity index (χ3n) is 3.24. The lowest BCUT2D eigenvalue weighted by Gasteiger charge is -2.17. The van der Waals surface area contributed by atoms with Gasteiger partial charge in [0.15, 0.2) is 0 Å². The van der Waals surface area contributed by atoms with E-state index in [1.807, 2.05) is 12.1 Å². The summed E-state index contributed by atoms with van der Waals surface area (Å²) in [6.45, 7) is 2.92. The molecule has 1 aromatic rings. The molecule has 0 bridgehead atoms. The quantitative estimate of drug-likeness (QED) is 0.808. The van der Waals surface area contributed by atoms with E-state index >= 15 is 0 Å². The molecule has 2 atom stereocenters. The standard InChI is InChI=1S/C15H23NO2/c1-11(10-17-2)9-15(16)12-3-5-13(6-4-12)18-14-7-8-14/h3-6,11,14-15H,7-10,16H2,1-2H3. The molecule has 0 aromatic heterocycles. The number of benzene rings is 1. The van der Waals surface area contributed by atoms with Crippen molar-refractivity contribution in [3.05, 3.63) is 29.8 Å². The molecule has 0 aliphatic heterocycles. The molecule has 1 aromatic carbocycles. The van der Waals surface area contributed by atoms with Crippen LogP contribution in [0.5, 0.6) is 5.75 Å². The Morgan fingerprint density at radius 3 is 2.50 bits per heavy atom. The van der Waals surface area contributed by atoms with Crippen LogP contribution in [0.15, 0.2) is 24.3 Å². The van der Waals surface area contributed by atoms with Gasteiger partial charge in [-0.25, -0.2) is 0 Å². The average molecular weight is 249 g/mol. The predicted octanol–water partition coefficient (Wildman–Crippen LogP) is 2.90. The number of ether oxygens (including phenoxy) is 2. The van der Waals surface area contributed by atoms with Crippen LogP contribution < -0.4 is 10.5 Å². The minimum Gasteiger partial charge on any atom is -0.490 e. The van der Waals surface area contributed by atoms with E-state index < -0.39 is 0 Å². The Labute approximate surface area is 109 Å². The topological polar surface area (TPSA) is 44.5 Å². The summed E-state index contributed by atoms with van der Waals surface area (Å²) in [5.74, 6) is 1.44. The third-order valence-corrected chi connectivity index (χ3v) is 3.24. The minimum absolute atomic E-state index is 0.0742. The van der Waals surface area contributed by atoms with Crippen LogP contribution in [0.3, 0.4) is 0 Å². The second-order valence-corrected chi connectivity index (χ2v) is 5.29. The Morgan fingerprint density at radius 1 is 1.28 bits per heavy atom. The number of hydrogen-bond donors (Lipinski definition) is 1. The summed E-state index contributed by atoms with van der Waals surface area (Å²) in [7, 11) is 1.73. The van der Waals surface area contributed by atoms with Crippen LogP contribution in [0.2, 0.25) is 0 Å². The second-order valence-electron chi connectivity index (χ2n) is 5.29. The lowest BCUT2D eigenvalue weighted by molar-refractivity contribution is 0.152. The lowest BCUT2D eigenvalue weighted by Crippen LogP contribution is -2.16. The van der Waals surface area contributed by atoms with Gasteiger partial charge in [0.2, 0.25) is 0 Å². The van der Waals surface area contributed by atoms with Crippen molar-refractivity contribution in [1.29, 1.82) is 0 Å². The molecular weight excluding hydrogens is 226 g/mol. The Balaban J connectivity index is 1.86. The van der Waals surface area contributed by atoms with Crippen LogP contribution in [0.4, 0.5) is 0 Å². The molecule has 2 rings (SSSR count). The summed E-state index contributed by atoms with van der Waals surface area (Å²) in [6.07, 6.45) is 3.77. The maximum Gasteiger partial charge on any atom is 0.119 e. The van der Waals surface area contributed by atoms with Crippen molar-refractivity contribution in [2.45, 2.75) is 38.3 Å². The van der Waals surface area contributed by atoms with Crippen molar-refractivity contribution in [2.75, 3.05) is 13.7 Å². The summed E-state index contributed by atoms with van der Waals surface area (Å²) in [6, 6.07) is 8.26. The molecular formula is C15H23NO2. The number of rotatable bonds is 7. The number of methoxy groups -OCH3 is 1. The molecule has 1 fully saturated rings. The molecule has 18 heavy (non-hydrogen) atoms. The second kappa shape index (κ2) is 6.21. The molecule has 1 aliphatic rings. The van der Waals surface area contributed by atoms with Gasteiger partial charge in [0.1, 0.15) is 5.75 Å². The molecule has 0 amide bonds. The number of hydrogen-bond acceptors (Lipinski definition) is 3. The highest BCUT2D eigenvalue weighted by atomic mass is 16.5. The zero-order chi connectivity index (χ0) is 13.0. The summed E-state index contributed by atoms with van der Waals surface area (Å²) in [4.78, 5) is 0. The Morgan fingerprint density at radius 2 is 1.94 bits per heavy atom. The van der Waals surface area contributed by atoms with Gasteiger partial charge in [-0.2, -0.15) is 0 Å². The van der Waals surface area contributed by atoms with Crippen LogP contribution in [-0.4, -0.2) is 19.8 Å². The highest BCUT2D eigenvalue weighted by Crippen LogP contribution is 2.28. The molecule has 2 N–H and O–H groups in total. The van der Waals surface area contributed by atoms with Crippen LogP contribution in [-0.2, 0) is 4.74 Å². The minimum atomic E-state index is 0.0742. The maximum atomic E-state index is 6.19. The molecule has 0 heterocycles. The summed E-state index contributed by atoms with van der Waals surface area (Å²) in [5.41, 5.74) is 7.36. The van der Waals surface area contributed by atoms with Gasteiger partial charge in [0.05, 0.1) is 6.10 Å². The van der Waals surface area contributed by atoms with Crippen molar-refractivity contribution >= 4 is 0 Å². The zero-order valence-electron chi connectivity index (χ0n) is 11.3. The van der Waals surface area contributed by atoms with Crippen LogP contribution >= 0.6 is 0 Å². The van der Waals surface area contributed by atoms with E-state index in [0.717, 1.165) is 18.8 Å². The first kappa shape index (κ1) is 13.4. The Hall–Kier alpha value is -1.06. The van der Waals surface area contributed by atoms with Gasteiger partial charge >= 0.3 is 0 Å². The van der Waals surface area contributed by atoms with Crippen molar-refractivity contribution in [3.8, 4) is 5.75 Å². The van der Waals surface area contributed by atoms with Gasteiger partial charge in [-0.3, -0.25) is 0 Å². The van der Waals surface area contributed by atoms with Crippen molar-refractivity contribution in [2.24, 2.45) is 11.7 Å². The monoisotopic (exact) mass is 249 g/mol. The van der Waals surface area contributed by atoms with Gasteiger partial charge in [0, 0.05) is 19.8 Å². The average Bonchev–Trinajstić information content (AvgIpc) is 3.14. The van der Waals surface area contributed by atoms with Crippen LogP contribution in [0, 0.1) is 5.92 Å². The first-order chi connectivity index (χ1) is 8.69. The van der Waals surface area contributed by atoms with Gasteiger partial charge in [-0.15, -0.1) is 0 Å². The lowest BCUT2D eigenvalue weighted by atomic mass is 9.97. The zero-order valence-corrected chi connectivity index (χ0v) is 11.3. The van der Waals surface area contributed by atoms with E-state index in [-0.39, 0.29) is 6.04 Å². The molecule has 2 unspecified atom stereocenters. The summed E-state index contributed by atoms with van der Waals surface area (Å²) < 4.78 is 10.9. The normalized spacial score (nSPS) is 18.4. The van der Waals surface area contributed by atoms with Crippen LogP contribution in [0.25, 0.3) is 0 Å². The molecule has 1 saturated carbocycles. The molecule has 0 spiro atoms. The first-order valence-electron chi connectivity index (χ1n) is 6.70. The largest absolute Gasteiger partial charge is 0.490 e. The van der Waals surface area contributed by atoms with Gasteiger partial charge in [-0.1, -0.05) is 19.1 Å². The fraction of sp³-hybridized carbons (Fsp3) is 0.600. The fourth-order valence-corrected chi connectivity index (χ4v) is 2.09. The smallest absolute Gasteiger partial charge is 0.119 e. The fourth-order valence-electron chi connectivity index (χ4n) is 2.09. The summed E-state index contributed by atoms with van der Waals surface area (Å²) in [5, 5.41) is 0. The molecule has 0 radical (unpaired) electrons. The van der Waals surface area contributed by atoms with E-state index in [0.29, 0.717) is 12.0 Å². The van der Waals surface area contributed by atoms with Crippen LogP contribution in [0.1, 0.15) is 37.8 Å². The van der Waals surface area contributed by atoms with Gasteiger partial charge in [-0.05, 0) is 42.9 Å². The third kappa shape index (κ3) is 4.00. The van der Waals surface area contributed by atoms with Crippen molar-refractivity contribution in [3.63, 3.8) is 0 Å². The van der Waals surface area contributed by atoms with E-state index in [4.69, 9.17) is 15.2 Å². The maximum absolute atomic E-state index is 6.19. The first-order valence-corrected chi connectivity index (χ1v) is 6.70. The van der Waals surface area contributed by atoms with E-state index in [1.54, 1.807) is 7.11 Å². The van der Waals surface area contributed by atoms with Crippen molar-refractivity contribution in [1.82, 2.24) is 0 Å². The Kier molecular flexibility index (Phi) is 4.61. The predicted molar refractivity (Wildman–Crippen MR) is 72.7 cm³/mol.